The number of carbonyl (C=O) groups is 3. The monoisotopic (exact) mass is 373 g/mol. The number of likely N-dealkylation sites (tertiary alicyclic amines) is 1. The number of carboxylic acid groups (broad SMARTS) is 1. The molecule has 0 saturated carbocycles. The Balaban J connectivity index is 2.19. The molecule has 0 radical (unpaired) electrons. The Morgan fingerprint density at radius 2 is 1.88 bits per heavy atom. The van der Waals surface area contributed by atoms with E-state index in [-0.39, 0.29) is 5.56 Å². The van der Waals surface area contributed by atoms with Crippen molar-refractivity contribution in [2.45, 2.75) is 6.18 Å². The Labute approximate surface area is 147 Å². The molecule has 1 aliphatic rings. The van der Waals surface area contributed by atoms with Crippen molar-refractivity contribution < 1.29 is 32.7 Å². The van der Waals surface area contributed by atoms with Crippen LogP contribution in [0.5, 0.6) is 0 Å². The van der Waals surface area contributed by atoms with Gasteiger partial charge < -0.3 is 20.2 Å². The lowest BCUT2D eigenvalue weighted by Gasteiger charge is -2.19. The zero-order valence-corrected chi connectivity index (χ0v) is 14.1. The van der Waals surface area contributed by atoms with E-state index in [9.17, 15) is 27.6 Å². The lowest BCUT2D eigenvalue weighted by molar-refractivity contribution is -0.187. The lowest BCUT2D eigenvalue weighted by atomic mass is 9.96. The molecule has 3 amide bonds. The molecule has 2 N–H and O–H groups in total. The summed E-state index contributed by atoms with van der Waals surface area (Å²) in [6, 6.07) is 5.30. The minimum atomic E-state index is -4.71. The molecule has 1 aliphatic heterocycles. The number of carboxylic acids is 1. The minimum Gasteiger partial charge on any atom is -0.481 e. The Morgan fingerprint density at radius 3 is 2.38 bits per heavy atom. The molecular weight excluding hydrogens is 355 g/mol. The first-order valence-corrected chi connectivity index (χ1v) is 7.68. The second-order valence-corrected chi connectivity index (χ2v) is 6.21. The highest BCUT2D eigenvalue weighted by molar-refractivity contribution is 5.97. The third-order valence-electron chi connectivity index (χ3n) is 4.11. The highest BCUT2D eigenvalue weighted by atomic mass is 19.4. The van der Waals surface area contributed by atoms with Gasteiger partial charge in [-0.25, -0.2) is 4.79 Å². The molecule has 7 nitrogen and oxygen atoms in total. The van der Waals surface area contributed by atoms with Gasteiger partial charge in [0.15, 0.2) is 0 Å². The highest BCUT2D eigenvalue weighted by Crippen LogP contribution is 2.38. The molecule has 1 aromatic rings. The van der Waals surface area contributed by atoms with Crippen molar-refractivity contribution in [2.24, 2.45) is 11.8 Å². The molecule has 0 bridgehead atoms. The Kier molecular flexibility index (Phi) is 5.43. The maximum absolute atomic E-state index is 13.0. The van der Waals surface area contributed by atoms with Crippen LogP contribution in [0.2, 0.25) is 0 Å². The first-order chi connectivity index (χ1) is 12.0. The summed E-state index contributed by atoms with van der Waals surface area (Å²) in [6.45, 7) is -1.24. The molecular formula is C16H18F3N3O4. The topological polar surface area (TPSA) is 90.0 Å². The zero-order chi connectivity index (χ0) is 19.6. The molecule has 0 spiro atoms. The Hall–Kier alpha value is -2.78. The van der Waals surface area contributed by atoms with E-state index in [2.05, 4.69) is 5.32 Å². The van der Waals surface area contributed by atoms with E-state index in [0.29, 0.717) is 5.69 Å². The van der Waals surface area contributed by atoms with Gasteiger partial charge in [0.1, 0.15) is 0 Å². The number of nitrogens with one attached hydrogen (secondary N) is 1. The summed E-state index contributed by atoms with van der Waals surface area (Å²) in [7, 11) is 3.05. The van der Waals surface area contributed by atoms with Crippen molar-refractivity contribution >= 4 is 23.6 Å². The Morgan fingerprint density at radius 1 is 1.23 bits per heavy atom. The van der Waals surface area contributed by atoms with Crippen LogP contribution in [-0.4, -0.2) is 66.2 Å². The van der Waals surface area contributed by atoms with Crippen molar-refractivity contribution in [2.75, 3.05) is 32.5 Å². The van der Waals surface area contributed by atoms with Gasteiger partial charge in [0.25, 0.3) is 5.91 Å². The maximum atomic E-state index is 13.0. The third-order valence-corrected chi connectivity index (χ3v) is 4.11. The van der Waals surface area contributed by atoms with Crippen LogP contribution in [-0.2, 0) is 4.79 Å². The van der Waals surface area contributed by atoms with Gasteiger partial charge in [-0.1, -0.05) is 6.07 Å². The van der Waals surface area contributed by atoms with E-state index in [1.165, 1.54) is 43.3 Å². The smallest absolute Gasteiger partial charge is 0.394 e. The van der Waals surface area contributed by atoms with E-state index in [1.807, 2.05) is 0 Å². The number of anilines is 1. The van der Waals surface area contributed by atoms with E-state index in [0.717, 1.165) is 4.90 Å². The average molecular weight is 373 g/mol. The molecule has 1 heterocycles. The molecule has 2 atom stereocenters. The van der Waals surface area contributed by atoms with E-state index >= 15 is 0 Å². The molecule has 0 aliphatic carbocycles. The van der Waals surface area contributed by atoms with Gasteiger partial charge >= 0.3 is 18.2 Å². The maximum Gasteiger partial charge on any atom is 0.394 e. The quantitative estimate of drug-likeness (QED) is 0.849. The second kappa shape index (κ2) is 7.22. The van der Waals surface area contributed by atoms with E-state index < -0.39 is 49.0 Å². The normalized spacial score (nSPS) is 20.0. The first kappa shape index (κ1) is 19.5. The first-order valence-electron chi connectivity index (χ1n) is 7.68. The minimum absolute atomic E-state index is 0.0634. The van der Waals surface area contributed by atoms with Crippen LogP contribution >= 0.6 is 0 Å². The van der Waals surface area contributed by atoms with Crippen molar-refractivity contribution in [3.05, 3.63) is 29.8 Å². The molecule has 26 heavy (non-hydrogen) atoms. The van der Waals surface area contributed by atoms with Crippen LogP contribution in [0.15, 0.2) is 24.3 Å². The predicted octanol–water partition coefficient (Wildman–Crippen LogP) is 2.12. The molecule has 0 aromatic heterocycles. The molecule has 1 fully saturated rings. The number of halogens is 3. The standard InChI is InChI=1S/C16H18F3N3O4/c1-21(2)15(26)20-10-5-3-4-9(6-10)13(23)22-7-11(14(24)25)12(8-22)16(17,18)19/h3-6,11-12H,7-8H2,1-2H3,(H,20,26)(H,24,25)/t11-,12-/m1/s1. The summed E-state index contributed by atoms with van der Waals surface area (Å²) in [6.07, 6.45) is -4.71. The predicted molar refractivity (Wildman–Crippen MR) is 85.7 cm³/mol. The lowest BCUT2D eigenvalue weighted by Crippen LogP contribution is -2.34. The van der Waals surface area contributed by atoms with Crippen LogP contribution < -0.4 is 5.32 Å². The number of carbonyl (C=O) groups excluding carboxylic acids is 2. The van der Waals surface area contributed by atoms with Gasteiger partial charge in [-0.05, 0) is 18.2 Å². The fraction of sp³-hybridized carbons (Fsp3) is 0.438. The van der Waals surface area contributed by atoms with Crippen molar-refractivity contribution in [3.63, 3.8) is 0 Å². The second-order valence-electron chi connectivity index (χ2n) is 6.21. The van der Waals surface area contributed by atoms with Gasteiger partial charge in [0.05, 0.1) is 11.8 Å². The number of nitrogens with zero attached hydrogens (tertiary/aromatic N) is 2. The fourth-order valence-electron chi connectivity index (χ4n) is 2.70. The van der Waals surface area contributed by atoms with Crippen LogP contribution in [0.1, 0.15) is 10.4 Å². The molecule has 1 saturated heterocycles. The Bertz CT molecular complexity index is 721. The highest BCUT2D eigenvalue weighted by Gasteiger charge is 2.53. The number of alkyl halides is 3. The number of benzene rings is 1. The van der Waals surface area contributed by atoms with Gasteiger partial charge in [0.2, 0.25) is 0 Å². The number of hydrogen-bond acceptors (Lipinski definition) is 3. The number of amides is 3. The fourth-order valence-corrected chi connectivity index (χ4v) is 2.70. The van der Waals surface area contributed by atoms with E-state index in [1.54, 1.807) is 0 Å². The summed E-state index contributed by atoms with van der Waals surface area (Å²) < 4.78 is 39.1. The van der Waals surface area contributed by atoms with Gasteiger partial charge in [0, 0.05) is 38.4 Å². The zero-order valence-electron chi connectivity index (χ0n) is 14.1. The molecule has 142 valence electrons. The molecule has 1 aromatic carbocycles. The third kappa shape index (κ3) is 4.24. The van der Waals surface area contributed by atoms with Crippen molar-refractivity contribution in [1.29, 1.82) is 0 Å². The molecule has 0 unspecified atom stereocenters. The van der Waals surface area contributed by atoms with Gasteiger partial charge in [-0.2, -0.15) is 13.2 Å². The van der Waals surface area contributed by atoms with E-state index in [4.69, 9.17) is 5.11 Å². The summed E-state index contributed by atoms with van der Waals surface area (Å²) in [5.41, 5.74) is 0.365. The summed E-state index contributed by atoms with van der Waals surface area (Å²) in [4.78, 5) is 37.4. The SMILES string of the molecule is CN(C)C(=O)Nc1cccc(C(=O)N2C[C@@H](C(F)(F)F)[C@H](C(=O)O)C2)c1. The average Bonchev–Trinajstić information content (AvgIpc) is 3.00. The number of hydrogen-bond donors (Lipinski definition) is 2. The van der Waals surface area contributed by atoms with Crippen molar-refractivity contribution in [3.8, 4) is 0 Å². The van der Waals surface area contributed by atoms with Crippen LogP contribution in [0.4, 0.5) is 23.7 Å². The molecule has 10 heteroatoms. The van der Waals surface area contributed by atoms with Crippen LogP contribution in [0, 0.1) is 11.8 Å². The van der Waals surface area contributed by atoms with Gasteiger partial charge in [-0.3, -0.25) is 9.59 Å². The van der Waals surface area contributed by atoms with Crippen molar-refractivity contribution in [1.82, 2.24) is 9.80 Å². The largest absolute Gasteiger partial charge is 0.481 e. The summed E-state index contributed by atoms with van der Waals surface area (Å²) in [5, 5.41) is 11.6. The molecule has 2 rings (SSSR count). The van der Waals surface area contributed by atoms with Gasteiger partial charge in [-0.15, -0.1) is 0 Å². The number of urea groups is 1. The number of aliphatic carboxylic acids is 1. The van der Waals surface area contributed by atoms with Crippen LogP contribution in [0.3, 0.4) is 0 Å². The van der Waals surface area contributed by atoms with Crippen LogP contribution in [0.25, 0.3) is 0 Å². The summed E-state index contributed by atoms with van der Waals surface area (Å²) >= 11 is 0. The summed E-state index contributed by atoms with van der Waals surface area (Å²) in [5.74, 6) is -6.12. The number of rotatable bonds is 3.